The van der Waals surface area contributed by atoms with E-state index in [1.54, 1.807) is 11.0 Å². The van der Waals surface area contributed by atoms with Crippen molar-refractivity contribution in [3.63, 3.8) is 0 Å². The molecule has 1 unspecified atom stereocenters. The predicted octanol–water partition coefficient (Wildman–Crippen LogP) is 3.74. The van der Waals surface area contributed by atoms with E-state index in [9.17, 15) is 9.59 Å². The number of nitrogens with zero attached hydrogens (tertiary/aromatic N) is 1. The first-order valence-corrected chi connectivity index (χ1v) is 8.16. The molecule has 126 valence electrons. The molecule has 5 heteroatoms. The van der Waals surface area contributed by atoms with Crippen molar-refractivity contribution in [3.05, 3.63) is 65.9 Å². The number of esters is 1. The zero-order valence-electron chi connectivity index (χ0n) is 13.8. The fourth-order valence-corrected chi connectivity index (χ4v) is 3.38. The number of hydrogen-bond acceptors (Lipinski definition) is 4. The topological polar surface area (TPSA) is 59.8 Å². The van der Waals surface area contributed by atoms with Crippen molar-refractivity contribution >= 4 is 28.5 Å². The highest BCUT2D eigenvalue weighted by molar-refractivity contribution is 6.07. The van der Waals surface area contributed by atoms with Gasteiger partial charge < -0.3 is 14.1 Å². The summed E-state index contributed by atoms with van der Waals surface area (Å²) in [6.07, 6.45) is 0.523. The van der Waals surface area contributed by atoms with Gasteiger partial charge in [0.1, 0.15) is 5.58 Å². The van der Waals surface area contributed by atoms with Gasteiger partial charge in [0.2, 0.25) is 0 Å². The van der Waals surface area contributed by atoms with Gasteiger partial charge in [0, 0.05) is 17.6 Å². The summed E-state index contributed by atoms with van der Waals surface area (Å²) >= 11 is 0. The van der Waals surface area contributed by atoms with Crippen molar-refractivity contribution in [3.8, 4) is 0 Å². The van der Waals surface area contributed by atoms with Crippen LogP contribution in [-0.4, -0.2) is 25.5 Å². The lowest BCUT2D eigenvalue weighted by molar-refractivity contribution is -0.142. The molecule has 2 aromatic carbocycles. The van der Waals surface area contributed by atoms with Crippen molar-refractivity contribution in [2.45, 2.75) is 12.3 Å². The Morgan fingerprint density at radius 1 is 1.12 bits per heavy atom. The fourth-order valence-electron chi connectivity index (χ4n) is 3.38. The molecule has 1 atom stereocenters. The minimum atomic E-state index is -0.346. The highest BCUT2D eigenvalue weighted by atomic mass is 16.5. The quantitative estimate of drug-likeness (QED) is 0.669. The lowest BCUT2D eigenvalue weighted by Gasteiger charge is -2.32. The van der Waals surface area contributed by atoms with Crippen LogP contribution in [-0.2, 0) is 9.53 Å². The maximum Gasteiger partial charge on any atom is 0.313 e. The molecule has 1 aromatic heterocycles. The third-order valence-electron chi connectivity index (χ3n) is 4.61. The van der Waals surface area contributed by atoms with Crippen molar-refractivity contribution in [1.82, 2.24) is 0 Å². The van der Waals surface area contributed by atoms with Gasteiger partial charge in [-0.2, -0.15) is 0 Å². The molecule has 0 radical (unpaired) electrons. The molecule has 1 aliphatic rings. The number of para-hydroxylation sites is 2. The first-order chi connectivity index (χ1) is 12.2. The zero-order valence-corrected chi connectivity index (χ0v) is 13.8. The molecule has 0 saturated heterocycles. The van der Waals surface area contributed by atoms with E-state index in [4.69, 9.17) is 9.15 Å². The molecule has 5 nitrogen and oxygen atoms in total. The molecule has 2 heterocycles. The molecule has 0 fully saturated rings. The maximum atomic E-state index is 13.0. The van der Waals surface area contributed by atoms with Gasteiger partial charge in [0.15, 0.2) is 5.76 Å². The normalized spacial score (nSPS) is 16.5. The Morgan fingerprint density at radius 2 is 1.88 bits per heavy atom. The van der Waals surface area contributed by atoms with Crippen LogP contribution in [0.2, 0.25) is 0 Å². The van der Waals surface area contributed by atoms with Crippen molar-refractivity contribution in [2.75, 3.05) is 18.6 Å². The van der Waals surface area contributed by atoms with E-state index in [1.807, 2.05) is 48.5 Å². The molecule has 1 amide bonds. The molecule has 0 bridgehead atoms. The molecule has 25 heavy (non-hydrogen) atoms. The molecule has 4 rings (SSSR count). The van der Waals surface area contributed by atoms with E-state index >= 15 is 0 Å². The van der Waals surface area contributed by atoms with Crippen LogP contribution in [0, 0.1) is 0 Å². The molecule has 0 aliphatic carbocycles. The second kappa shape index (κ2) is 6.09. The smallest absolute Gasteiger partial charge is 0.313 e. The summed E-state index contributed by atoms with van der Waals surface area (Å²) in [4.78, 5) is 26.7. The fraction of sp³-hybridized carbons (Fsp3) is 0.200. The lowest BCUT2D eigenvalue weighted by Crippen LogP contribution is -2.38. The number of rotatable bonds is 2. The van der Waals surface area contributed by atoms with E-state index < -0.39 is 0 Å². The van der Waals surface area contributed by atoms with Crippen molar-refractivity contribution < 1.29 is 18.7 Å². The van der Waals surface area contributed by atoms with Crippen LogP contribution in [0.25, 0.3) is 11.0 Å². The Morgan fingerprint density at radius 3 is 2.68 bits per heavy atom. The van der Waals surface area contributed by atoms with Gasteiger partial charge in [-0.05, 0) is 30.2 Å². The number of methoxy groups -OCH3 is 1. The van der Waals surface area contributed by atoms with Crippen molar-refractivity contribution in [1.29, 1.82) is 0 Å². The number of furan rings is 1. The number of amides is 1. The van der Waals surface area contributed by atoms with Gasteiger partial charge in [0.25, 0.3) is 5.91 Å². The number of benzene rings is 2. The van der Waals surface area contributed by atoms with Crippen LogP contribution in [0.3, 0.4) is 0 Å². The van der Waals surface area contributed by atoms with Gasteiger partial charge >= 0.3 is 5.97 Å². The summed E-state index contributed by atoms with van der Waals surface area (Å²) in [5.41, 5.74) is 2.23. The van der Waals surface area contributed by atoms with Gasteiger partial charge in [-0.25, -0.2) is 0 Å². The second-order valence-corrected chi connectivity index (χ2v) is 6.03. The number of carbonyl (C=O) groups excluding carboxylic acids is 2. The summed E-state index contributed by atoms with van der Waals surface area (Å²) in [5.74, 6) is -0.524. The molecule has 0 saturated carbocycles. The largest absolute Gasteiger partial charge is 0.469 e. The number of anilines is 1. The SMILES string of the molecule is COC(=O)C1CCN(C(=O)c2cc3ccccc3o2)c2ccccc21. The highest BCUT2D eigenvalue weighted by Gasteiger charge is 2.34. The van der Waals surface area contributed by atoms with Crippen LogP contribution < -0.4 is 4.90 Å². The van der Waals surface area contributed by atoms with Gasteiger partial charge in [0.05, 0.1) is 13.0 Å². The maximum absolute atomic E-state index is 13.0. The summed E-state index contributed by atoms with van der Waals surface area (Å²) in [5, 5.41) is 0.892. The average molecular weight is 335 g/mol. The number of fused-ring (bicyclic) bond motifs is 2. The summed E-state index contributed by atoms with van der Waals surface area (Å²) in [6, 6.07) is 16.7. The Bertz CT molecular complexity index is 926. The predicted molar refractivity (Wildman–Crippen MR) is 93.7 cm³/mol. The molecule has 3 aromatic rings. The van der Waals surface area contributed by atoms with Gasteiger partial charge in [-0.1, -0.05) is 36.4 Å². The van der Waals surface area contributed by atoms with E-state index in [0.29, 0.717) is 24.3 Å². The molecular weight excluding hydrogens is 318 g/mol. The van der Waals surface area contributed by atoms with E-state index in [2.05, 4.69) is 0 Å². The lowest BCUT2D eigenvalue weighted by atomic mass is 9.90. The third-order valence-corrected chi connectivity index (χ3v) is 4.61. The summed E-state index contributed by atoms with van der Waals surface area (Å²) in [6.45, 7) is 0.437. The molecule has 1 aliphatic heterocycles. The molecule has 0 spiro atoms. The Hall–Kier alpha value is -3.08. The Balaban J connectivity index is 1.72. The van der Waals surface area contributed by atoms with E-state index in [0.717, 1.165) is 16.6 Å². The van der Waals surface area contributed by atoms with E-state index in [-0.39, 0.29) is 17.8 Å². The number of carbonyl (C=O) groups is 2. The second-order valence-electron chi connectivity index (χ2n) is 6.03. The molecule has 0 N–H and O–H groups in total. The monoisotopic (exact) mass is 335 g/mol. The van der Waals surface area contributed by atoms with E-state index in [1.165, 1.54) is 7.11 Å². The number of ether oxygens (including phenoxy) is 1. The summed E-state index contributed by atoms with van der Waals surface area (Å²) in [7, 11) is 1.39. The highest BCUT2D eigenvalue weighted by Crippen LogP contribution is 2.37. The average Bonchev–Trinajstić information content (AvgIpc) is 3.10. The first-order valence-electron chi connectivity index (χ1n) is 8.16. The zero-order chi connectivity index (χ0) is 17.4. The van der Waals surface area contributed by atoms with Crippen LogP contribution >= 0.6 is 0 Å². The third kappa shape index (κ3) is 2.58. The van der Waals surface area contributed by atoms with Crippen LogP contribution in [0.4, 0.5) is 5.69 Å². The first kappa shape index (κ1) is 15.4. The Labute approximate surface area is 144 Å². The van der Waals surface area contributed by atoms with Crippen molar-refractivity contribution in [2.24, 2.45) is 0 Å². The minimum Gasteiger partial charge on any atom is -0.469 e. The Kier molecular flexibility index (Phi) is 3.76. The van der Waals surface area contributed by atoms with Crippen LogP contribution in [0.15, 0.2) is 59.0 Å². The standard InChI is InChI=1S/C20H17NO4/c1-24-20(23)15-10-11-21(16-8-4-3-7-14(15)16)19(22)18-12-13-6-2-5-9-17(13)25-18/h2-9,12,15H,10-11H2,1H3. The van der Waals surface area contributed by atoms with Crippen LogP contribution in [0.5, 0.6) is 0 Å². The van der Waals surface area contributed by atoms with Gasteiger partial charge in [-0.3, -0.25) is 9.59 Å². The number of hydrogen-bond donors (Lipinski definition) is 0. The van der Waals surface area contributed by atoms with Crippen LogP contribution in [0.1, 0.15) is 28.5 Å². The molecular formula is C20H17NO4. The van der Waals surface area contributed by atoms with Gasteiger partial charge in [-0.15, -0.1) is 0 Å². The minimum absolute atomic E-state index is 0.202. The summed E-state index contributed by atoms with van der Waals surface area (Å²) < 4.78 is 10.6.